The highest BCUT2D eigenvalue weighted by Gasteiger charge is 2.12. The number of hydrogen-bond acceptors (Lipinski definition) is 7. The Morgan fingerprint density at radius 2 is 2.04 bits per heavy atom. The summed E-state index contributed by atoms with van der Waals surface area (Å²) in [7, 11) is 0. The zero-order valence-electron chi connectivity index (χ0n) is 15.2. The molecule has 0 unspecified atom stereocenters. The molecule has 140 valence electrons. The van der Waals surface area contributed by atoms with Crippen LogP contribution < -0.4 is 5.32 Å². The molecule has 4 rings (SSSR count). The van der Waals surface area contributed by atoms with Crippen LogP contribution in [0.15, 0.2) is 63.4 Å². The number of carbonyl (C=O) groups is 1. The minimum atomic E-state index is -0.224. The molecule has 0 radical (unpaired) electrons. The van der Waals surface area contributed by atoms with Gasteiger partial charge in [0.2, 0.25) is 0 Å². The van der Waals surface area contributed by atoms with Crippen molar-refractivity contribution in [2.75, 3.05) is 5.32 Å². The number of anilines is 1. The summed E-state index contributed by atoms with van der Waals surface area (Å²) in [6.45, 7) is 3.90. The van der Waals surface area contributed by atoms with E-state index in [2.05, 4.69) is 25.6 Å². The molecular weight excluding hydrogens is 392 g/mol. The van der Waals surface area contributed by atoms with E-state index >= 15 is 0 Å². The number of aryl methyl sites for hydroxylation is 2. The van der Waals surface area contributed by atoms with E-state index < -0.39 is 0 Å². The summed E-state index contributed by atoms with van der Waals surface area (Å²) < 4.78 is 2.57. The lowest BCUT2D eigenvalue weighted by Gasteiger charge is -2.10. The van der Waals surface area contributed by atoms with Gasteiger partial charge < -0.3 is 5.32 Å². The molecule has 1 amide bonds. The van der Waals surface area contributed by atoms with E-state index in [0.717, 1.165) is 26.3 Å². The highest BCUT2D eigenvalue weighted by Crippen LogP contribution is 2.34. The van der Waals surface area contributed by atoms with Gasteiger partial charge >= 0.3 is 0 Å². The number of amides is 1. The lowest BCUT2D eigenvalue weighted by molar-refractivity contribution is 0.102. The van der Waals surface area contributed by atoms with Crippen molar-refractivity contribution in [2.24, 2.45) is 0 Å². The topological polar surface area (TPSA) is 85.6 Å². The molecule has 1 N–H and O–H groups in total. The summed E-state index contributed by atoms with van der Waals surface area (Å²) in [6, 6.07) is 13.1. The Bertz CT molecular complexity index is 1110. The molecule has 1 aromatic carbocycles. The van der Waals surface area contributed by atoms with Gasteiger partial charge in [-0.3, -0.25) is 4.79 Å². The molecule has 0 fully saturated rings. The number of aromatic nitrogens is 5. The first-order valence-corrected chi connectivity index (χ1v) is 10.1. The highest BCUT2D eigenvalue weighted by molar-refractivity contribution is 8.01. The average molecular weight is 409 g/mol. The molecule has 0 aliphatic heterocycles. The second kappa shape index (κ2) is 7.91. The van der Waals surface area contributed by atoms with Crippen molar-refractivity contribution in [1.82, 2.24) is 25.0 Å². The van der Waals surface area contributed by atoms with Gasteiger partial charge in [0.1, 0.15) is 5.51 Å². The first-order chi connectivity index (χ1) is 13.6. The van der Waals surface area contributed by atoms with Crippen LogP contribution in [0, 0.1) is 13.8 Å². The predicted molar refractivity (Wildman–Crippen MR) is 109 cm³/mol. The van der Waals surface area contributed by atoms with Gasteiger partial charge in [-0.2, -0.15) is 5.10 Å². The normalized spacial score (nSPS) is 10.8. The molecule has 9 heteroatoms. The third-order valence-corrected chi connectivity index (χ3v) is 5.76. The van der Waals surface area contributed by atoms with Gasteiger partial charge in [0.15, 0.2) is 10.2 Å². The van der Waals surface area contributed by atoms with Gasteiger partial charge in [0, 0.05) is 16.8 Å². The summed E-state index contributed by atoms with van der Waals surface area (Å²) in [5, 5.41) is 15.2. The lowest BCUT2D eigenvalue weighted by Crippen LogP contribution is -2.13. The lowest BCUT2D eigenvalue weighted by atomic mass is 10.2. The quantitative estimate of drug-likeness (QED) is 0.534. The van der Waals surface area contributed by atoms with Crippen LogP contribution in [0.25, 0.3) is 5.82 Å². The zero-order valence-corrected chi connectivity index (χ0v) is 16.8. The van der Waals surface area contributed by atoms with Crippen LogP contribution in [0.4, 0.5) is 5.69 Å². The van der Waals surface area contributed by atoms with Gasteiger partial charge in [-0.15, -0.1) is 10.2 Å². The number of hydrogen-bond donors (Lipinski definition) is 1. The highest BCUT2D eigenvalue weighted by atomic mass is 32.2. The smallest absolute Gasteiger partial charge is 0.257 e. The van der Waals surface area contributed by atoms with Crippen LogP contribution >= 0.6 is 23.1 Å². The predicted octanol–water partition coefficient (Wildman–Crippen LogP) is 4.14. The van der Waals surface area contributed by atoms with Crippen LogP contribution in [0.1, 0.15) is 21.7 Å². The molecule has 0 aliphatic carbocycles. The van der Waals surface area contributed by atoms with Crippen molar-refractivity contribution >= 4 is 34.7 Å². The summed E-state index contributed by atoms with van der Waals surface area (Å²) in [5.41, 5.74) is 4.78. The number of nitrogens with zero attached hydrogens (tertiary/aromatic N) is 5. The zero-order chi connectivity index (χ0) is 19.5. The SMILES string of the molecule is Cc1cc(C)n(-c2ccc(C(=O)Nc3ccccc3Sc3nncs3)cn2)n1. The summed E-state index contributed by atoms with van der Waals surface area (Å²) >= 11 is 2.92. The Morgan fingerprint density at radius 3 is 2.71 bits per heavy atom. The molecule has 0 spiro atoms. The van der Waals surface area contributed by atoms with Gasteiger partial charge in [-0.25, -0.2) is 9.67 Å². The van der Waals surface area contributed by atoms with E-state index in [1.165, 1.54) is 23.1 Å². The van der Waals surface area contributed by atoms with Crippen LogP contribution in [-0.4, -0.2) is 30.9 Å². The third kappa shape index (κ3) is 3.95. The van der Waals surface area contributed by atoms with Gasteiger partial charge in [-0.05, 0) is 44.2 Å². The molecule has 3 heterocycles. The Balaban J connectivity index is 1.52. The van der Waals surface area contributed by atoms with Crippen LogP contribution in [0.5, 0.6) is 0 Å². The molecule has 7 nitrogen and oxygen atoms in total. The third-order valence-electron chi connectivity index (χ3n) is 3.91. The molecule has 28 heavy (non-hydrogen) atoms. The molecule has 0 saturated carbocycles. The second-order valence-electron chi connectivity index (χ2n) is 6.00. The number of para-hydroxylation sites is 1. The number of benzene rings is 1. The second-order valence-corrected chi connectivity index (χ2v) is 8.12. The first-order valence-electron chi connectivity index (χ1n) is 8.44. The fraction of sp³-hybridized carbons (Fsp3) is 0.105. The number of nitrogens with one attached hydrogen (secondary N) is 1. The maximum atomic E-state index is 12.7. The summed E-state index contributed by atoms with van der Waals surface area (Å²) in [4.78, 5) is 18.0. The van der Waals surface area contributed by atoms with Crippen LogP contribution in [0.3, 0.4) is 0 Å². The van der Waals surface area contributed by atoms with E-state index in [0.29, 0.717) is 11.4 Å². The van der Waals surface area contributed by atoms with E-state index in [9.17, 15) is 4.79 Å². The van der Waals surface area contributed by atoms with Crippen molar-refractivity contribution in [2.45, 2.75) is 23.1 Å². The summed E-state index contributed by atoms with van der Waals surface area (Å²) in [5.74, 6) is 0.451. The molecule has 3 aromatic heterocycles. The molecule has 0 atom stereocenters. The monoisotopic (exact) mass is 408 g/mol. The van der Waals surface area contributed by atoms with E-state index in [1.807, 2.05) is 44.2 Å². The summed E-state index contributed by atoms with van der Waals surface area (Å²) in [6.07, 6.45) is 1.56. The van der Waals surface area contributed by atoms with Crippen LogP contribution in [0.2, 0.25) is 0 Å². The molecule has 0 bridgehead atoms. The minimum Gasteiger partial charge on any atom is -0.321 e. The van der Waals surface area contributed by atoms with Crippen molar-refractivity contribution in [3.8, 4) is 5.82 Å². The Kier molecular flexibility index (Phi) is 5.18. The van der Waals surface area contributed by atoms with Crippen molar-refractivity contribution in [3.63, 3.8) is 0 Å². The van der Waals surface area contributed by atoms with Crippen LogP contribution in [-0.2, 0) is 0 Å². The van der Waals surface area contributed by atoms with Crippen molar-refractivity contribution in [1.29, 1.82) is 0 Å². The average Bonchev–Trinajstić information content (AvgIpc) is 3.32. The Morgan fingerprint density at radius 1 is 1.18 bits per heavy atom. The molecule has 4 aromatic rings. The van der Waals surface area contributed by atoms with Crippen molar-refractivity contribution in [3.05, 3.63) is 71.1 Å². The molecular formula is C19H16N6OS2. The Hall–Kier alpha value is -3.04. The number of rotatable bonds is 5. The molecule has 0 saturated heterocycles. The van der Waals surface area contributed by atoms with Gasteiger partial charge in [-0.1, -0.05) is 35.2 Å². The minimum absolute atomic E-state index is 0.224. The van der Waals surface area contributed by atoms with E-state index in [-0.39, 0.29) is 5.91 Å². The number of pyridine rings is 1. The van der Waals surface area contributed by atoms with Gasteiger partial charge in [0.05, 0.1) is 16.9 Å². The van der Waals surface area contributed by atoms with Gasteiger partial charge in [0.25, 0.3) is 5.91 Å². The fourth-order valence-corrected chi connectivity index (χ4v) is 4.18. The maximum Gasteiger partial charge on any atom is 0.257 e. The fourth-order valence-electron chi connectivity index (χ4n) is 2.66. The van der Waals surface area contributed by atoms with Crippen molar-refractivity contribution < 1.29 is 4.79 Å². The first kappa shape index (κ1) is 18.3. The standard InChI is InChI=1S/C19H16N6OS2/c1-12-9-13(2)25(24-12)17-8-7-14(10-20-17)18(26)22-15-5-3-4-6-16(15)28-19-23-21-11-27-19/h3-11H,1-2H3,(H,22,26). The number of carbonyl (C=O) groups excluding carboxylic acids is 1. The maximum absolute atomic E-state index is 12.7. The largest absolute Gasteiger partial charge is 0.321 e. The van der Waals surface area contributed by atoms with E-state index in [4.69, 9.17) is 0 Å². The molecule has 0 aliphatic rings. The Labute approximate surface area is 169 Å². The van der Waals surface area contributed by atoms with E-state index in [1.54, 1.807) is 28.5 Å².